The smallest absolute Gasteiger partial charge is 0.393 e. The molecular weight excluding hydrogens is 556 g/mol. The molecule has 2 aliphatic rings. The van der Waals surface area contributed by atoms with Gasteiger partial charge in [-0.1, -0.05) is 23.2 Å². The van der Waals surface area contributed by atoms with Crippen molar-refractivity contribution in [2.45, 2.75) is 50.6 Å². The molecule has 0 fully saturated rings. The summed E-state index contributed by atoms with van der Waals surface area (Å²) in [5.74, 6) is -2.58. The molecule has 200 valence electrons. The number of rotatable bonds is 6. The zero-order chi connectivity index (χ0) is 27.2. The summed E-state index contributed by atoms with van der Waals surface area (Å²) in [4.78, 5) is 5.92. The molecule has 1 aromatic rings. The summed E-state index contributed by atoms with van der Waals surface area (Å²) < 4.78 is 121. The van der Waals surface area contributed by atoms with Gasteiger partial charge in [-0.3, -0.25) is 5.01 Å². The molecule has 2 heterocycles. The Labute approximate surface area is 207 Å². The van der Waals surface area contributed by atoms with Crippen LogP contribution in [0.4, 0.5) is 45.2 Å². The second kappa shape index (κ2) is 9.91. The van der Waals surface area contributed by atoms with E-state index in [9.17, 15) is 44.6 Å². The van der Waals surface area contributed by atoms with Gasteiger partial charge in [-0.2, -0.15) is 44.9 Å². The summed E-state index contributed by atoms with van der Waals surface area (Å²) >= 11 is 12.0. The zero-order valence-corrected chi connectivity index (χ0v) is 19.4. The van der Waals surface area contributed by atoms with Gasteiger partial charge in [0.15, 0.2) is 5.71 Å². The quantitative estimate of drug-likeness (QED) is 0.307. The molecule has 17 heteroatoms. The molecule has 0 saturated heterocycles. The van der Waals surface area contributed by atoms with Crippen molar-refractivity contribution in [1.82, 2.24) is 10.7 Å². The number of hydrogen-bond acceptors (Lipinski definition) is 6. The lowest BCUT2D eigenvalue weighted by Gasteiger charge is -2.26. The number of aliphatic hydroxyl groups excluding tert-OH is 1. The van der Waals surface area contributed by atoms with Crippen molar-refractivity contribution in [3.63, 3.8) is 0 Å². The maximum atomic E-state index is 13.8. The highest BCUT2D eigenvalue weighted by Crippen LogP contribution is 2.44. The van der Waals surface area contributed by atoms with Crippen molar-refractivity contribution in [1.29, 1.82) is 0 Å². The van der Waals surface area contributed by atoms with E-state index in [2.05, 4.69) is 20.7 Å². The van der Waals surface area contributed by atoms with Gasteiger partial charge in [0, 0.05) is 6.54 Å². The van der Waals surface area contributed by atoms with Crippen LogP contribution in [-0.2, 0) is 6.18 Å². The maximum absolute atomic E-state index is 13.8. The molecule has 6 nitrogen and oxygen atoms in total. The first-order valence-electron chi connectivity index (χ1n) is 10.0. The minimum Gasteiger partial charge on any atom is -0.393 e. The summed E-state index contributed by atoms with van der Waals surface area (Å²) in [7, 11) is 0. The van der Waals surface area contributed by atoms with E-state index < -0.39 is 75.0 Å². The largest absolute Gasteiger partial charge is 0.451 e. The summed E-state index contributed by atoms with van der Waals surface area (Å²) in [6.45, 7) is 1.37. The second-order valence-corrected chi connectivity index (χ2v) is 8.56. The summed E-state index contributed by atoms with van der Waals surface area (Å²) in [6.07, 6.45) is -17.9. The average Bonchev–Trinajstić information content (AvgIpc) is 3.05. The third-order valence-corrected chi connectivity index (χ3v) is 5.48. The average molecular weight is 572 g/mol. The number of benzene rings is 1. The van der Waals surface area contributed by atoms with Crippen LogP contribution < -0.4 is 15.8 Å². The van der Waals surface area contributed by atoms with Crippen LogP contribution >= 0.6 is 23.2 Å². The van der Waals surface area contributed by atoms with Crippen LogP contribution in [0.5, 0.6) is 0 Å². The number of fused-ring (bicyclic) bond motifs is 1. The van der Waals surface area contributed by atoms with Crippen LogP contribution in [0.3, 0.4) is 0 Å². The lowest BCUT2D eigenvalue weighted by atomic mass is 10.1. The first-order chi connectivity index (χ1) is 16.4. The summed E-state index contributed by atoms with van der Waals surface area (Å²) in [6, 6.07) is 0.927. The molecule has 0 saturated carbocycles. The monoisotopic (exact) mass is 571 g/mol. The Kier molecular flexibility index (Phi) is 7.80. The van der Waals surface area contributed by atoms with Crippen LogP contribution in [0, 0.1) is 0 Å². The van der Waals surface area contributed by atoms with Crippen molar-refractivity contribution >= 4 is 40.4 Å². The van der Waals surface area contributed by atoms with Crippen LogP contribution in [-0.4, -0.2) is 47.8 Å². The molecule has 2 unspecified atom stereocenters. The van der Waals surface area contributed by atoms with Crippen molar-refractivity contribution < 1.29 is 44.6 Å². The molecule has 0 amide bonds. The molecule has 0 aromatic heterocycles. The van der Waals surface area contributed by atoms with Gasteiger partial charge in [0.2, 0.25) is 5.84 Å². The predicted molar refractivity (Wildman–Crippen MR) is 114 cm³/mol. The standard InChI is InChI=1S/C19H16Cl2F9N5O/c1-7(36)3-2-4-31-15-11-13(18(25,26)27)32-16(19(28,29)30)33-14(11)34-35(15)12-9(20)5-8(6-10(12)21)17(22,23)24/h5-7,14,31,34,36H,2-4H2,1H3. The molecule has 1 aromatic carbocycles. The van der Waals surface area contributed by atoms with E-state index in [1.54, 1.807) is 0 Å². The van der Waals surface area contributed by atoms with Crippen LogP contribution in [0.1, 0.15) is 25.3 Å². The fourth-order valence-corrected chi connectivity index (χ4v) is 4.06. The number of halogens is 11. The topological polar surface area (TPSA) is 72.2 Å². The van der Waals surface area contributed by atoms with Crippen molar-refractivity contribution in [2.75, 3.05) is 11.6 Å². The first kappa shape index (κ1) is 28.3. The van der Waals surface area contributed by atoms with Gasteiger partial charge in [-0.15, -0.1) is 0 Å². The number of nitrogens with zero attached hydrogens (tertiary/aromatic N) is 3. The Morgan fingerprint density at radius 3 is 2.08 bits per heavy atom. The Morgan fingerprint density at radius 1 is 1.03 bits per heavy atom. The summed E-state index contributed by atoms with van der Waals surface area (Å²) in [5, 5.41) is 11.4. The molecule has 0 radical (unpaired) electrons. The number of anilines is 1. The molecule has 0 spiro atoms. The first-order valence-corrected chi connectivity index (χ1v) is 10.8. The highest BCUT2D eigenvalue weighted by Gasteiger charge is 2.52. The van der Waals surface area contributed by atoms with E-state index in [1.165, 1.54) is 6.92 Å². The molecule has 36 heavy (non-hydrogen) atoms. The van der Waals surface area contributed by atoms with Gasteiger partial charge in [0.25, 0.3) is 0 Å². The molecular formula is C19H16Cl2F9N5O. The van der Waals surface area contributed by atoms with E-state index >= 15 is 0 Å². The minimum absolute atomic E-state index is 0.0918. The highest BCUT2D eigenvalue weighted by molar-refractivity contribution is 6.39. The van der Waals surface area contributed by atoms with Crippen LogP contribution in [0.2, 0.25) is 10.0 Å². The van der Waals surface area contributed by atoms with Gasteiger partial charge >= 0.3 is 18.5 Å². The number of nitrogens with one attached hydrogen (secondary N) is 2. The Bertz CT molecular complexity index is 1090. The number of aliphatic imine (C=N–C) groups is 2. The molecule has 3 rings (SSSR count). The third-order valence-electron chi connectivity index (χ3n) is 4.91. The fourth-order valence-electron chi connectivity index (χ4n) is 3.40. The SMILES string of the molecule is CC(O)CCCNC1=C2C(C(F)(F)F)=NC(C(F)(F)F)=NC2NN1c1c(Cl)cc(C(F)(F)F)cc1Cl. The lowest BCUT2D eigenvalue weighted by Crippen LogP contribution is -2.43. The molecule has 0 bridgehead atoms. The van der Waals surface area contributed by atoms with Crippen molar-refractivity contribution in [3.8, 4) is 0 Å². The van der Waals surface area contributed by atoms with E-state index in [1.807, 2.05) is 0 Å². The van der Waals surface area contributed by atoms with Crippen LogP contribution in [0.15, 0.2) is 33.5 Å². The Morgan fingerprint density at radius 2 is 1.61 bits per heavy atom. The molecule has 2 atom stereocenters. The number of amidine groups is 1. The van der Waals surface area contributed by atoms with Gasteiger partial charge < -0.3 is 10.4 Å². The van der Waals surface area contributed by atoms with Crippen molar-refractivity contribution in [3.05, 3.63) is 39.1 Å². The van der Waals surface area contributed by atoms with Gasteiger partial charge in [0.05, 0.1) is 33.0 Å². The van der Waals surface area contributed by atoms with E-state index in [4.69, 9.17) is 23.2 Å². The molecule has 0 aliphatic carbocycles. The van der Waals surface area contributed by atoms with Gasteiger partial charge in [-0.25, -0.2) is 9.98 Å². The third kappa shape index (κ3) is 6.01. The zero-order valence-electron chi connectivity index (χ0n) is 17.9. The number of alkyl halides is 9. The van der Waals surface area contributed by atoms with Gasteiger partial charge in [0.1, 0.15) is 12.0 Å². The van der Waals surface area contributed by atoms with Crippen LogP contribution in [0.25, 0.3) is 0 Å². The molecule has 2 aliphatic heterocycles. The molecule has 3 N–H and O–H groups in total. The second-order valence-electron chi connectivity index (χ2n) is 7.74. The maximum Gasteiger partial charge on any atom is 0.451 e. The number of aliphatic hydroxyl groups is 1. The Hall–Kier alpha value is -2.23. The van der Waals surface area contributed by atoms with Crippen molar-refractivity contribution in [2.24, 2.45) is 9.98 Å². The van der Waals surface area contributed by atoms with E-state index in [-0.39, 0.29) is 19.4 Å². The lowest BCUT2D eigenvalue weighted by molar-refractivity contribution is -0.137. The number of hydrogen-bond donors (Lipinski definition) is 3. The van der Waals surface area contributed by atoms with Gasteiger partial charge in [-0.05, 0) is 31.9 Å². The van der Waals surface area contributed by atoms with E-state index in [0.717, 1.165) is 0 Å². The predicted octanol–water partition coefficient (Wildman–Crippen LogP) is 5.60. The van der Waals surface area contributed by atoms with E-state index in [0.29, 0.717) is 17.1 Å². The minimum atomic E-state index is -5.36. The Balaban J connectivity index is 2.17. The summed E-state index contributed by atoms with van der Waals surface area (Å²) in [5.41, 5.74) is -2.20. The normalized spacial score (nSPS) is 19.8. The fraction of sp³-hybridized carbons (Fsp3) is 0.474. The number of hydrazine groups is 1. The highest BCUT2D eigenvalue weighted by atomic mass is 35.5.